The minimum Gasteiger partial charge on any atom is -0.352 e. The molecule has 0 atom stereocenters. The second-order valence-corrected chi connectivity index (χ2v) is 5.29. The van der Waals surface area contributed by atoms with Crippen LogP contribution in [0.15, 0.2) is 48.8 Å². The summed E-state index contributed by atoms with van der Waals surface area (Å²) in [5.74, 6) is -0.0416. The molecule has 2 aromatic heterocycles. The predicted octanol–water partition coefficient (Wildman–Crippen LogP) is 3.24. The summed E-state index contributed by atoms with van der Waals surface area (Å²) >= 11 is 0. The van der Waals surface area contributed by atoms with E-state index in [1.807, 2.05) is 24.3 Å². The zero-order chi connectivity index (χ0) is 15.5. The highest BCUT2D eigenvalue weighted by atomic mass is 16.1. The number of pyridine rings is 2. The molecule has 4 nitrogen and oxygen atoms in total. The molecule has 0 unspecified atom stereocenters. The minimum atomic E-state index is -0.0416. The van der Waals surface area contributed by atoms with Crippen molar-refractivity contribution < 1.29 is 4.79 Å². The number of fused-ring (bicyclic) bond motifs is 1. The third-order valence-electron chi connectivity index (χ3n) is 3.62. The Labute approximate surface area is 129 Å². The Bertz CT molecular complexity index is 825. The average Bonchev–Trinajstić information content (AvgIpc) is 2.53. The van der Waals surface area contributed by atoms with Crippen LogP contribution in [0.25, 0.3) is 22.2 Å². The van der Waals surface area contributed by atoms with Crippen LogP contribution in [0.1, 0.15) is 18.1 Å². The standard InChI is InChI=1S/C18H17N3O/c1-12-5-7-16-15(4-3-9-19-16)18(12)17-8-6-14(11-21-17)10-20-13(2)22/h3-9,11H,10H2,1-2H3,(H,20,22). The smallest absolute Gasteiger partial charge is 0.217 e. The fourth-order valence-corrected chi connectivity index (χ4v) is 2.50. The number of carbonyl (C=O) groups is 1. The molecule has 110 valence electrons. The summed E-state index contributed by atoms with van der Waals surface area (Å²) in [6.07, 6.45) is 3.60. The first-order valence-corrected chi connectivity index (χ1v) is 7.19. The van der Waals surface area contributed by atoms with Crippen LogP contribution < -0.4 is 5.32 Å². The number of nitrogens with one attached hydrogen (secondary N) is 1. The molecule has 0 aliphatic carbocycles. The Balaban J connectivity index is 2.01. The number of aryl methyl sites for hydroxylation is 1. The van der Waals surface area contributed by atoms with E-state index in [4.69, 9.17) is 0 Å². The number of carbonyl (C=O) groups excluding carboxylic acids is 1. The number of hydrogen-bond donors (Lipinski definition) is 1. The normalized spacial score (nSPS) is 10.6. The summed E-state index contributed by atoms with van der Waals surface area (Å²) in [7, 11) is 0. The van der Waals surface area contributed by atoms with Gasteiger partial charge in [-0.05, 0) is 36.2 Å². The van der Waals surface area contributed by atoms with Crippen molar-refractivity contribution >= 4 is 16.8 Å². The molecule has 0 saturated carbocycles. The largest absolute Gasteiger partial charge is 0.352 e. The average molecular weight is 291 g/mol. The maximum Gasteiger partial charge on any atom is 0.217 e. The van der Waals surface area contributed by atoms with Gasteiger partial charge in [-0.15, -0.1) is 0 Å². The van der Waals surface area contributed by atoms with Gasteiger partial charge in [-0.25, -0.2) is 0 Å². The second kappa shape index (κ2) is 5.93. The molecule has 0 aliphatic heterocycles. The zero-order valence-corrected chi connectivity index (χ0v) is 12.6. The number of amides is 1. The number of aromatic nitrogens is 2. The van der Waals surface area contributed by atoms with Gasteiger partial charge >= 0.3 is 0 Å². The van der Waals surface area contributed by atoms with Gasteiger partial charge in [0.1, 0.15) is 0 Å². The summed E-state index contributed by atoms with van der Waals surface area (Å²) in [6.45, 7) is 4.08. The third kappa shape index (κ3) is 2.81. The van der Waals surface area contributed by atoms with Crippen LogP contribution in [0, 0.1) is 6.92 Å². The van der Waals surface area contributed by atoms with Crippen molar-refractivity contribution in [1.82, 2.24) is 15.3 Å². The highest BCUT2D eigenvalue weighted by Gasteiger charge is 2.09. The number of hydrogen-bond acceptors (Lipinski definition) is 3. The van der Waals surface area contributed by atoms with Gasteiger partial charge in [0.25, 0.3) is 0 Å². The topological polar surface area (TPSA) is 54.9 Å². The number of rotatable bonds is 3. The van der Waals surface area contributed by atoms with Crippen LogP contribution in [0.5, 0.6) is 0 Å². The summed E-state index contributed by atoms with van der Waals surface area (Å²) in [5.41, 5.74) is 5.14. The molecular weight excluding hydrogens is 274 g/mol. The fourth-order valence-electron chi connectivity index (χ4n) is 2.50. The van der Waals surface area contributed by atoms with Crippen molar-refractivity contribution in [2.24, 2.45) is 0 Å². The molecule has 1 N–H and O–H groups in total. The fraction of sp³-hybridized carbons (Fsp3) is 0.167. The Kier molecular flexibility index (Phi) is 3.83. The lowest BCUT2D eigenvalue weighted by Crippen LogP contribution is -2.18. The van der Waals surface area contributed by atoms with Gasteiger partial charge in [-0.3, -0.25) is 14.8 Å². The van der Waals surface area contributed by atoms with E-state index in [-0.39, 0.29) is 5.91 Å². The van der Waals surface area contributed by atoms with Crippen LogP contribution in [0.4, 0.5) is 0 Å². The highest BCUT2D eigenvalue weighted by Crippen LogP contribution is 2.29. The van der Waals surface area contributed by atoms with Crippen molar-refractivity contribution in [3.05, 3.63) is 59.9 Å². The van der Waals surface area contributed by atoms with E-state index >= 15 is 0 Å². The van der Waals surface area contributed by atoms with E-state index in [9.17, 15) is 4.79 Å². The van der Waals surface area contributed by atoms with Gasteiger partial charge in [0.2, 0.25) is 5.91 Å². The summed E-state index contributed by atoms with van der Waals surface area (Å²) < 4.78 is 0. The maximum atomic E-state index is 11.0. The van der Waals surface area contributed by atoms with E-state index in [1.54, 1.807) is 12.4 Å². The molecule has 0 fully saturated rings. The van der Waals surface area contributed by atoms with E-state index in [0.717, 1.165) is 27.7 Å². The molecule has 1 aromatic carbocycles. The molecule has 3 rings (SSSR count). The summed E-state index contributed by atoms with van der Waals surface area (Å²) in [4.78, 5) is 19.9. The van der Waals surface area contributed by atoms with Crippen LogP contribution >= 0.6 is 0 Å². The first-order valence-electron chi connectivity index (χ1n) is 7.19. The molecule has 2 heterocycles. The van der Waals surface area contributed by atoms with Crippen molar-refractivity contribution in [2.45, 2.75) is 20.4 Å². The zero-order valence-electron chi connectivity index (χ0n) is 12.6. The SMILES string of the molecule is CC(=O)NCc1ccc(-c2c(C)ccc3ncccc23)nc1. The van der Waals surface area contributed by atoms with E-state index in [1.165, 1.54) is 12.5 Å². The van der Waals surface area contributed by atoms with Crippen LogP contribution in [0.3, 0.4) is 0 Å². The second-order valence-electron chi connectivity index (χ2n) is 5.29. The first kappa shape index (κ1) is 14.2. The molecular formula is C18H17N3O. The van der Waals surface area contributed by atoms with Crippen LogP contribution in [-0.4, -0.2) is 15.9 Å². The van der Waals surface area contributed by atoms with Gasteiger partial charge < -0.3 is 5.32 Å². The van der Waals surface area contributed by atoms with Crippen molar-refractivity contribution in [3.63, 3.8) is 0 Å². The van der Waals surface area contributed by atoms with Gasteiger partial charge in [0, 0.05) is 36.8 Å². The van der Waals surface area contributed by atoms with Gasteiger partial charge in [0.05, 0.1) is 11.2 Å². The predicted molar refractivity (Wildman–Crippen MR) is 87.2 cm³/mol. The van der Waals surface area contributed by atoms with Crippen LogP contribution in [-0.2, 0) is 11.3 Å². The molecule has 0 saturated heterocycles. The Morgan fingerprint density at radius 3 is 2.73 bits per heavy atom. The molecule has 4 heteroatoms. The van der Waals surface area contributed by atoms with Crippen LogP contribution in [0.2, 0.25) is 0 Å². The molecule has 3 aromatic rings. The van der Waals surface area contributed by atoms with E-state index in [2.05, 4.69) is 34.3 Å². The molecule has 0 spiro atoms. The van der Waals surface area contributed by atoms with Crippen molar-refractivity contribution in [2.75, 3.05) is 0 Å². The molecule has 0 aliphatic rings. The summed E-state index contributed by atoms with van der Waals surface area (Å²) in [5, 5.41) is 3.87. The monoisotopic (exact) mass is 291 g/mol. The van der Waals surface area contributed by atoms with Gasteiger partial charge in [-0.1, -0.05) is 18.2 Å². The van der Waals surface area contributed by atoms with Gasteiger partial charge in [-0.2, -0.15) is 0 Å². The van der Waals surface area contributed by atoms with Crippen molar-refractivity contribution in [1.29, 1.82) is 0 Å². The maximum absolute atomic E-state index is 11.0. The number of benzene rings is 1. The lowest BCUT2D eigenvalue weighted by Gasteiger charge is -2.10. The lowest BCUT2D eigenvalue weighted by molar-refractivity contribution is -0.119. The Morgan fingerprint density at radius 1 is 1.14 bits per heavy atom. The Morgan fingerprint density at radius 2 is 2.00 bits per heavy atom. The first-order chi connectivity index (χ1) is 10.6. The van der Waals surface area contributed by atoms with Crippen molar-refractivity contribution in [3.8, 4) is 11.3 Å². The molecule has 22 heavy (non-hydrogen) atoms. The lowest BCUT2D eigenvalue weighted by atomic mass is 9.99. The highest BCUT2D eigenvalue weighted by molar-refractivity contribution is 5.95. The molecule has 0 bridgehead atoms. The quantitative estimate of drug-likeness (QED) is 0.806. The van der Waals surface area contributed by atoms with E-state index < -0.39 is 0 Å². The molecule has 1 amide bonds. The minimum absolute atomic E-state index is 0.0416. The third-order valence-corrected chi connectivity index (χ3v) is 3.62. The number of nitrogens with zero attached hydrogens (tertiary/aromatic N) is 2. The summed E-state index contributed by atoms with van der Waals surface area (Å²) in [6, 6.07) is 12.1. The molecule has 0 radical (unpaired) electrons. The Hall–Kier alpha value is -2.75. The van der Waals surface area contributed by atoms with E-state index in [0.29, 0.717) is 6.54 Å². The van der Waals surface area contributed by atoms with Gasteiger partial charge in [0.15, 0.2) is 0 Å².